The summed E-state index contributed by atoms with van der Waals surface area (Å²) < 4.78 is 34.4. The van der Waals surface area contributed by atoms with Crippen LogP contribution in [0.2, 0.25) is 5.02 Å². The Morgan fingerprint density at radius 3 is 2.17 bits per heavy atom. The molecule has 0 fully saturated rings. The first-order valence-corrected chi connectivity index (χ1v) is 15.5. The predicted molar refractivity (Wildman–Crippen MR) is 163 cm³/mol. The van der Waals surface area contributed by atoms with Gasteiger partial charge in [-0.1, -0.05) is 54.8 Å². The molecule has 0 aliphatic rings. The van der Waals surface area contributed by atoms with E-state index in [2.05, 4.69) is 5.32 Å². The van der Waals surface area contributed by atoms with Gasteiger partial charge in [-0.05, 0) is 81.3 Å². The number of unbranched alkanes of at least 4 members (excludes halogenated alkanes) is 1. The molecular weight excluding hydrogens is 562 g/mol. The summed E-state index contributed by atoms with van der Waals surface area (Å²) in [4.78, 5) is 28.4. The highest BCUT2D eigenvalue weighted by Crippen LogP contribution is 2.26. The number of amides is 2. The quantitative estimate of drug-likeness (QED) is 0.244. The summed E-state index contributed by atoms with van der Waals surface area (Å²) in [5.74, 6) is -0.286. The Morgan fingerprint density at radius 2 is 1.59 bits per heavy atom. The minimum absolute atomic E-state index is 0.0175. The maximum absolute atomic E-state index is 14.0. The van der Waals surface area contributed by atoms with E-state index in [1.165, 1.54) is 17.0 Å². The number of carbonyl (C=O) groups excluding carboxylic acids is 2. The molecule has 0 unspecified atom stereocenters. The average Bonchev–Trinajstić information content (AvgIpc) is 2.96. The first-order valence-electron chi connectivity index (χ1n) is 13.7. The fraction of sp³-hybridized carbons (Fsp3) is 0.355. The van der Waals surface area contributed by atoms with Gasteiger partial charge in [-0.15, -0.1) is 0 Å². The third kappa shape index (κ3) is 8.71. The highest BCUT2D eigenvalue weighted by Gasteiger charge is 2.32. The largest absolute Gasteiger partial charge is 0.494 e. The smallest absolute Gasteiger partial charge is 0.264 e. The maximum atomic E-state index is 14.0. The lowest BCUT2D eigenvalue weighted by Gasteiger charge is -2.32. The van der Waals surface area contributed by atoms with E-state index in [9.17, 15) is 18.0 Å². The minimum Gasteiger partial charge on any atom is -0.494 e. The van der Waals surface area contributed by atoms with Crippen LogP contribution in [-0.4, -0.2) is 50.9 Å². The molecule has 41 heavy (non-hydrogen) atoms. The number of hydrogen-bond donors (Lipinski definition) is 1. The molecule has 0 aromatic heterocycles. The summed E-state index contributed by atoms with van der Waals surface area (Å²) >= 11 is 6.05. The number of aryl methyl sites for hydroxylation is 1. The van der Waals surface area contributed by atoms with Gasteiger partial charge in [-0.2, -0.15) is 0 Å². The normalized spacial score (nSPS) is 11.9. The topological polar surface area (TPSA) is 96.0 Å². The Labute approximate surface area is 248 Å². The first kappa shape index (κ1) is 32.0. The van der Waals surface area contributed by atoms with E-state index in [0.29, 0.717) is 29.6 Å². The summed E-state index contributed by atoms with van der Waals surface area (Å²) in [6.07, 6.45) is 1.72. The lowest BCUT2D eigenvalue weighted by atomic mass is 10.1. The summed E-state index contributed by atoms with van der Waals surface area (Å²) in [6.45, 7) is 7.95. The molecule has 3 aromatic carbocycles. The average molecular weight is 600 g/mol. The van der Waals surface area contributed by atoms with Crippen LogP contribution in [0.3, 0.4) is 0 Å². The third-order valence-electron chi connectivity index (χ3n) is 6.59. The zero-order chi connectivity index (χ0) is 30.0. The predicted octanol–water partition coefficient (Wildman–Crippen LogP) is 5.58. The van der Waals surface area contributed by atoms with Gasteiger partial charge in [0.15, 0.2) is 0 Å². The van der Waals surface area contributed by atoms with E-state index in [0.717, 1.165) is 28.3 Å². The molecule has 0 aliphatic heterocycles. The molecule has 1 N–H and O–H groups in total. The number of rotatable bonds is 14. The molecule has 220 valence electrons. The van der Waals surface area contributed by atoms with Gasteiger partial charge in [0.2, 0.25) is 11.8 Å². The second-order valence-electron chi connectivity index (χ2n) is 9.72. The SMILES string of the molecule is CCCCNC(=O)[C@H](C)N(Cc1ccc(Cl)cc1)C(=O)CN(c1ccc(C)cc1)S(=O)(=O)c1ccc(OCC)cc1. The number of carbonyl (C=O) groups is 2. The second-order valence-corrected chi connectivity index (χ2v) is 12.0. The van der Waals surface area contributed by atoms with Gasteiger partial charge in [0.25, 0.3) is 10.0 Å². The van der Waals surface area contributed by atoms with Crippen LogP contribution in [0.1, 0.15) is 44.7 Å². The number of hydrogen-bond acceptors (Lipinski definition) is 5. The van der Waals surface area contributed by atoms with Crippen molar-refractivity contribution in [3.8, 4) is 5.75 Å². The van der Waals surface area contributed by atoms with Gasteiger partial charge >= 0.3 is 0 Å². The van der Waals surface area contributed by atoms with Crippen LogP contribution in [0.4, 0.5) is 5.69 Å². The van der Waals surface area contributed by atoms with Crippen LogP contribution < -0.4 is 14.4 Å². The molecule has 0 aliphatic carbocycles. The maximum Gasteiger partial charge on any atom is 0.264 e. The van der Waals surface area contributed by atoms with Gasteiger partial charge in [0.05, 0.1) is 17.2 Å². The van der Waals surface area contributed by atoms with Crippen molar-refractivity contribution in [1.82, 2.24) is 10.2 Å². The van der Waals surface area contributed by atoms with E-state index in [-0.39, 0.29) is 17.3 Å². The van der Waals surface area contributed by atoms with Crippen molar-refractivity contribution >= 4 is 39.1 Å². The monoisotopic (exact) mass is 599 g/mol. The van der Waals surface area contributed by atoms with Crippen LogP contribution in [-0.2, 0) is 26.2 Å². The zero-order valence-corrected chi connectivity index (χ0v) is 25.5. The van der Waals surface area contributed by atoms with E-state index >= 15 is 0 Å². The van der Waals surface area contributed by atoms with E-state index in [4.69, 9.17) is 16.3 Å². The number of benzene rings is 3. The Kier molecular flexibility index (Phi) is 11.6. The Morgan fingerprint density at radius 1 is 0.951 bits per heavy atom. The zero-order valence-electron chi connectivity index (χ0n) is 24.0. The van der Waals surface area contributed by atoms with Gasteiger partial charge in [0.1, 0.15) is 18.3 Å². The second kappa shape index (κ2) is 14.9. The number of sulfonamides is 1. The van der Waals surface area contributed by atoms with Crippen molar-refractivity contribution in [2.75, 3.05) is 24.0 Å². The van der Waals surface area contributed by atoms with Crippen LogP contribution in [0, 0.1) is 6.92 Å². The summed E-state index contributed by atoms with van der Waals surface area (Å²) in [6, 6.07) is 19.1. The molecule has 0 spiro atoms. The van der Waals surface area contributed by atoms with Crippen molar-refractivity contribution in [3.05, 3.63) is 88.9 Å². The fourth-order valence-corrected chi connectivity index (χ4v) is 5.69. The molecule has 0 saturated heterocycles. The van der Waals surface area contributed by atoms with Gasteiger partial charge in [0, 0.05) is 18.1 Å². The highest BCUT2D eigenvalue weighted by atomic mass is 35.5. The van der Waals surface area contributed by atoms with Crippen LogP contribution in [0.25, 0.3) is 0 Å². The Balaban J connectivity index is 1.98. The fourth-order valence-electron chi connectivity index (χ4n) is 4.15. The first-order chi connectivity index (χ1) is 19.6. The molecule has 3 rings (SSSR count). The van der Waals surface area contributed by atoms with Crippen molar-refractivity contribution in [2.45, 2.75) is 58.0 Å². The van der Waals surface area contributed by atoms with Crippen molar-refractivity contribution < 1.29 is 22.7 Å². The van der Waals surface area contributed by atoms with Crippen LogP contribution in [0.5, 0.6) is 5.75 Å². The molecule has 0 radical (unpaired) electrons. The summed E-state index contributed by atoms with van der Waals surface area (Å²) in [7, 11) is -4.16. The van der Waals surface area contributed by atoms with E-state index in [1.54, 1.807) is 67.6 Å². The number of halogens is 1. The number of ether oxygens (including phenoxy) is 1. The highest BCUT2D eigenvalue weighted by molar-refractivity contribution is 7.92. The molecule has 10 heteroatoms. The molecule has 0 bridgehead atoms. The molecule has 3 aromatic rings. The van der Waals surface area contributed by atoms with Crippen LogP contribution >= 0.6 is 11.6 Å². The lowest BCUT2D eigenvalue weighted by molar-refractivity contribution is -0.139. The number of nitrogens with one attached hydrogen (secondary N) is 1. The van der Waals surface area contributed by atoms with Crippen molar-refractivity contribution in [3.63, 3.8) is 0 Å². The molecule has 0 heterocycles. The standard InChI is InChI=1S/C31H38ClN3O5S/c1-5-7-20-33-31(37)24(4)34(21-25-10-12-26(32)13-11-25)30(36)22-35(27-14-8-23(3)9-15-27)41(38,39)29-18-16-28(17-19-29)40-6-2/h8-19,24H,5-7,20-22H2,1-4H3,(H,33,37)/t24-/m0/s1. The molecule has 1 atom stereocenters. The van der Waals surface area contributed by atoms with E-state index in [1.807, 2.05) is 20.8 Å². The Hall–Kier alpha value is -3.56. The summed E-state index contributed by atoms with van der Waals surface area (Å²) in [5, 5.41) is 3.42. The molecule has 2 amide bonds. The minimum atomic E-state index is -4.16. The van der Waals surface area contributed by atoms with Gasteiger partial charge in [-0.3, -0.25) is 13.9 Å². The molecule has 0 saturated carbocycles. The Bertz CT molecular complexity index is 1400. The third-order valence-corrected chi connectivity index (χ3v) is 8.63. The van der Waals surface area contributed by atoms with Crippen LogP contribution in [0.15, 0.2) is 77.7 Å². The molecule has 8 nitrogen and oxygen atoms in total. The van der Waals surface area contributed by atoms with Gasteiger partial charge in [-0.25, -0.2) is 8.42 Å². The number of anilines is 1. The van der Waals surface area contributed by atoms with Gasteiger partial charge < -0.3 is 15.0 Å². The van der Waals surface area contributed by atoms with Crippen molar-refractivity contribution in [2.24, 2.45) is 0 Å². The van der Waals surface area contributed by atoms with E-state index < -0.39 is 28.5 Å². The lowest BCUT2D eigenvalue weighted by Crippen LogP contribution is -2.51. The van der Waals surface area contributed by atoms with Crippen molar-refractivity contribution in [1.29, 1.82) is 0 Å². The number of nitrogens with zero attached hydrogens (tertiary/aromatic N) is 2. The summed E-state index contributed by atoms with van der Waals surface area (Å²) in [5.41, 5.74) is 2.04. The molecular formula is C31H38ClN3O5S.